The van der Waals surface area contributed by atoms with Crippen molar-refractivity contribution >= 4 is 5.96 Å². The minimum atomic E-state index is -2.78. The molecule has 0 saturated carbocycles. The van der Waals surface area contributed by atoms with E-state index in [0.29, 0.717) is 0 Å². The van der Waals surface area contributed by atoms with Gasteiger partial charge in [-0.2, -0.15) is 0 Å². The predicted molar refractivity (Wildman–Crippen MR) is 46.8 cm³/mol. The Balaban J connectivity index is 3.82. The van der Waals surface area contributed by atoms with Gasteiger partial charge in [-0.05, 0) is 13.8 Å². The van der Waals surface area contributed by atoms with Gasteiger partial charge in [-0.25, -0.2) is 8.78 Å². The summed E-state index contributed by atoms with van der Waals surface area (Å²) in [5.41, 5.74) is 5.31. The van der Waals surface area contributed by atoms with E-state index < -0.39 is 12.5 Å². The van der Waals surface area contributed by atoms with Gasteiger partial charge >= 0.3 is 0 Å². The summed E-state index contributed by atoms with van der Waals surface area (Å²) < 4.78 is 23.5. The quantitative estimate of drug-likeness (QED) is 0.434. The number of aliphatic hydroxyl groups excluding tert-OH is 1. The van der Waals surface area contributed by atoms with E-state index in [9.17, 15) is 8.78 Å². The van der Waals surface area contributed by atoms with E-state index in [2.05, 4.69) is 10.3 Å². The zero-order valence-electron chi connectivity index (χ0n) is 7.67. The van der Waals surface area contributed by atoms with Crippen LogP contribution in [-0.2, 0) is 0 Å². The van der Waals surface area contributed by atoms with Crippen LogP contribution < -0.4 is 11.1 Å². The average molecular weight is 195 g/mol. The lowest BCUT2D eigenvalue weighted by atomic mass is 10.4. The zero-order valence-corrected chi connectivity index (χ0v) is 7.67. The first kappa shape index (κ1) is 12.1. The smallest absolute Gasteiger partial charge is 0.265 e. The molecule has 0 aliphatic rings. The van der Waals surface area contributed by atoms with E-state index in [0.717, 1.165) is 0 Å². The lowest BCUT2D eigenvalue weighted by Gasteiger charge is -2.10. The number of guanidine groups is 1. The number of nitrogens with two attached hydrogens (primary N) is 1. The molecule has 4 nitrogen and oxygen atoms in total. The largest absolute Gasteiger partial charge is 0.385 e. The van der Waals surface area contributed by atoms with Gasteiger partial charge in [0.2, 0.25) is 0 Å². The SMILES string of the molecule is CC(C)NC(N)=NCC(O)C(F)F. The molecule has 0 aliphatic carbocycles. The fraction of sp³-hybridized carbons (Fsp3) is 0.857. The molecule has 0 radical (unpaired) electrons. The molecule has 0 bridgehead atoms. The maximum atomic E-state index is 11.8. The molecular formula is C7H15F2N3O. The lowest BCUT2D eigenvalue weighted by molar-refractivity contribution is 0.00175. The maximum Gasteiger partial charge on any atom is 0.265 e. The van der Waals surface area contributed by atoms with Gasteiger partial charge in [0.25, 0.3) is 6.43 Å². The number of aliphatic imine (C=N–C) groups is 1. The summed E-state index contributed by atoms with van der Waals surface area (Å²) in [5.74, 6) is 0.0645. The molecule has 1 unspecified atom stereocenters. The third kappa shape index (κ3) is 6.27. The van der Waals surface area contributed by atoms with Gasteiger partial charge in [0.15, 0.2) is 5.96 Å². The Morgan fingerprint density at radius 1 is 1.54 bits per heavy atom. The van der Waals surface area contributed by atoms with E-state index in [1.807, 2.05) is 13.8 Å². The van der Waals surface area contributed by atoms with Crippen LogP contribution in [0.5, 0.6) is 0 Å². The molecule has 0 aliphatic heterocycles. The van der Waals surface area contributed by atoms with Gasteiger partial charge in [0, 0.05) is 6.04 Å². The fourth-order valence-corrected chi connectivity index (χ4v) is 0.613. The average Bonchev–Trinajstić information content (AvgIpc) is 1.98. The number of alkyl halides is 2. The van der Waals surface area contributed by atoms with Gasteiger partial charge < -0.3 is 16.2 Å². The summed E-state index contributed by atoms with van der Waals surface area (Å²) >= 11 is 0. The highest BCUT2D eigenvalue weighted by Crippen LogP contribution is 1.99. The molecule has 0 rings (SSSR count). The summed E-state index contributed by atoms with van der Waals surface area (Å²) in [6, 6.07) is 0.0902. The van der Waals surface area contributed by atoms with E-state index in [1.165, 1.54) is 0 Å². The van der Waals surface area contributed by atoms with Crippen LogP contribution in [0.25, 0.3) is 0 Å². The Morgan fingerprint density at radius 3 is 2.46 bits per heavy atom. The van der Waals surface area contributed by atoms with Crippen molar-refractivity contribution in [2.75, 3.05) is 6.54 Å². The molecule has 1 atom stereocenters. The number of nitrogens with one attached hydrogen (secondary N) is 1. The highest BCUT2D eigenvalue weighted by molar-refractivity contribution is 5.78. The maximum absolute atomic E-state index is 11.8. The Hall–Kier alpha value is -0.910. The topological polar surface area (TPSA) is 70.6 Å². The van der Waals surface area contributed by atoms with Crippen molar-refractivity contribution in [3.63, 3.8) is 0 Å². The monoisotopic (exact) mass is 195 g/mol. The summed E-state index contributed by atoms with van der Waals surface area (Å²) in [5, 5.41) is 11.4. The third-order valence-corrected chi connectivity index (χ3v) is 1.18. The number of halogens is 2. The van der Waals surface area contributed by atoms with Crippen LogP contribution in [0.1, 0.15) is 13.8 Å². The highest BCUT2D eigenvalue weighted by atomic mass is 19.3. The summed E-state index contributed by atoms with van der Waals surface area (Å²) in [4.78, 5) is 3.54. The standard InChI is InChI=1S/C7H15F2N3O/c1-4(2)12-7(10)11-3-5(13)6(8)9/h4-6,13H,3H2,1-2H3,(H3,10,11,12). The first-order valence-corrected chi connectivity index (χ1v) is 3.96. The first-order chi connectivity index (χ1) is 5.93. The molecule has 13 heavy (non-hydrogen) atoms. The van der Waals surface area contributed by atoms with Crippen LogP contribution >= 0.6 is 0 Å². The minimum absolute atomic E-state index is 0.0645. The molecule has 0 amide bonds. The first-order valence-electron chi connectivity index (χ1n) is 3.96. The number of rotatable bonds is 4. The third-order valence-electron chi connectivity index (χ3n) is 1.18. The number of nitrogens with zero attached hydrogens (tertiary/aromatic N) is 1. The second-order valence-electron chi connectivity index (χ2n) is 2.93. The second kappa shape index (κ2) is 5.69. The molecule has 0 fully saturated rings. The van der Waals surface area contributed by atoms with Crippen LogP contribution in [0, 0.1) is 0 Å². The number of aliphatic hydroxyl groups is 1. The van der Waals surface area contributed by atoms with Crippen LogP contribution in [0.2, 0.25) is 0 Å². The number of hydrogen-bond donors (Lipinski definition) is 3. The molecule has 0 aromatic rings. The van der Waals surface area contributed by atoms with Crippen molar-refractivity contribution in [1.29, 1.82) is 0 Å². The Bertz CT molecular complexity index is 173. The van der Waals surface area contributed by atoms with Crippen molar-refractivity contribution in [1.82, 2.24) is 5.32 Å². The Labute approximate surface area is 75.8 Å². The van der Waals surface area contributed by atoms with E-state index in [-0.39, 0.29) is 18.5 Å². The van der Waals surface area contributed by atoms with Crippen molar-refractivity contribution in [3.05, 3.63) is 0 Å². The van der Waals surface area contributed by atoms with Crippen molar-refractivity contribution in [2.24, 2.45) is 10.7 Å². The van der Waals surface area contributed by atoms with Gasteiger partial charge in [-0.15, -0.1) is 0 Å². The molecule has 0 heterocycles. The molecule has 0 aromatic carbocycles. The van der Waals surface area contributed by atoms with Gasteiger partial charge in [-0.3, -0.25) is 4.99 Å². The molecule has 4 N–H and O–H groups in total. The van der Waals surface area contributed by atoms with E-state index >= 15 is 0 Å². The Kier molecular flexibility index (Phi) is 5.29. The van der Waals surface area contributed by atoms with E-state index in [4.69, 9.17) is 10.8 Å². The van der Waals surface area contributed by atoms with Gasteiger partial charge in [0.05, 0.1) is 6.54 Å². The minimum Gasteiger partial charge on any atom is -0.385 e. The summed E-state index contributed by atoms with van der Waals surface area (Å²) in [6.45, 7) is 3.29. The van der Waals surface area contributed by atoms with Crippen molar-refractivity contribution < 1.29 is 13.9 Å². The van der Waals surface area contributed by atoms with Crippen molar-refractivity contribution in [2.45, 2.75) is 32.4 Å². The van der Waals surface area contributed by atoms with Crippen LogP contribution in [0.15, 0.2) is 4.99 Å². The predicted octanol–water partition coefficient (Wildman–Crippen LogP) is -0.0749. The molecule has 0 aromatic heterocycles. The molecule has 0 spiro atoms. The van der Waals surface area contributed by atoms with Crippen LogP contribution in [0.4, 0.5) is 8.78 Å². The van der Waals surface area contributed by atoms with Crippen LogP contribution in [0.3, 0.4) is 0 Å². The van der Waals surface area contributed by atoms with Gasteiger partial charge in [0.1, 0.15) is 6.10 Å². The van der Waals surface area contributed by atoms with E-state index in [1.54, 1.807) is 0 Å². The second-order valence-corrected chi connectivity index (χ2v) is 2.93. The molecule has 6 heteroatoms. The normalized spacial score (nSPS) is 15.2. The summed E-state index contributed by atoms with van der Waals surface area (Å²) in [6.07, 6.45) is -4.52. The van der Waals surface area contributed by atoms with Crippen molar-refractivity contribution in [3.8, 4) is 0 Å². The van der Waals surface area contributed by atoms with Gasteiger partial charge in [-0.1, -0.05) is 0 Å². The fourth-order valence-electron chi connectivity index (χ4n) is 0.613. The zero-order chi connectivity index (χ0) is 10.4. The summed E-state index contributed by atoms with van der Waals surface area (Å²) in [7, 11) is 0. The molecule has 0 saturated heterocycles. The highest BCUT2D eigenvalue weighted by Gasteiger charge is 2.15. The molecule has 78 valence electrons. The lowest BCUT2D eigenvalue weighted by Crippen LogP contribution is -2.37. The molecular weight excluding hydrogens is 180 g/mol. The Morgan fingerprint density at radius 2 is 2.08 bits per heavy atom. The van der Waals surface area contributed by atoms with Crippen LogP contribution in [-0.4, -0.2) is 36.2 Å². The number of hydrogen-bond acceptors (Lipinski definition) is 2.